The number of halogens is 1. The van der Waals surface area contributed by atoms with Gasteiger partial charge in [0.2, 0.25) is 0 Å². The minimum Gasteiger partial charge on any atom is -0.351 e. The maximum Gasteiger partial charge on any atom is 0.319 e. The summed E-state index contributed by atoms with van der Waals surface area (Å²) in [6, 6.07) is 6.92. The van der Waals surface area contributed by atoms with E-state index in [0.717, 1.165) is 10.2 Å². The lowest BCUT2D eigenvalue weighted by molar-refractivity contribution is 0.255. The third kappa shape index (κ3) is 1.76. The van der Waals surface area contributed by atoms with Gasteiger partial charge in [-0.15, -0.1) is 0 Å². The van der Waals surface area contributed by atoms with Gasteiger partial charge in [-0.1, -0.05) is 12.1 Å². The molecular formula is C8H9BrN2O. The Kier molecular flexibility index (Phi) is 2.70. The second kappa shape index (κ2) is 3.58. The van der Waals surface area contributed by atoms with E-state index in [1.807, 2.05) is 24.3 Å². The molecule has 3 nitrogen and oxygen atoms in total. The van der Waals surface area contributed by atoms with E-state index < -0.39 is 6.03 Å². The quantitative estimate of drug-likeness (QED) is 0.786. The first-order valence-corrected chi connectivity index (χ1v) is 4.20. The zero-order valence-electron chi connectivity index (χ0n) is 6.62. The van der Waals surface area contributed by atoms with Gasteiger partial charge in [0.25, 0.3) is 0 Å². The molecule has 0 heterocycles. The Morgan fingerprint density at radius 2 is 2.08 bits per heavy atom. The standard InChI is InChI=1S/C8H9BrN2O/c1-11(8(10)12)7-5-3-2-4-6(7)9/h2-5H,1H3,(H2,10,12). The number of para-hydroxylation sites is 1. The number of nitrogens with zero attached hydrogens (tertiary/aromatic N) is 1. The highest BCUT2D eigenvalue weighted by molar-refractivity contribution is 9.10. The molecule has 0 aliphatic heterocycles. The molecule has 0 aromatic heterocycles. The van der Waals surface area contributed by atoms with Crippen molar-refractivity contribution in [1.82, 2.24) is 0 Å². The van der Waals surface area contributed by atoms with E-state index in [1.54, 1.807) is 7.05 Å². The Labute approximate surface area is 79.3 Å². The SMILES string of the molecule is CN(C(N)=O)c1ccccc1Br. The Morgan fingerprint density at radius 3 is 2.58 bits per heavy atom. The predicted molar refractivity (Wildman–Crippen MR) is 52.1 cm³/mol. The Morgan fingerprint density at radius 1 is 1.50 bits per heavy atom. The van der Waals surface area contributed by atoms with Crippen LogP contribution in [0.15, 0.2) is 28.7 Å². The van der Waals surface area contributed by atoms with E-state index in [2.05, 4.69) is 15.9 Å². The van der Waals surface area contributed by atoms with Crippen LogP contribution < -0.4 is 10.6 Å². The molecule has 0 aliphatic rings. The fourth-order valence-electron chi connectivity index (χ4n) is 0.842. The first kappa shape index (κ1) is 9.06. The van der Waals surface area contributed by atoms with Crippen LogP contribution in [0.5, 0.6) is 0 Å². The first-order valence-electron chi connectivity index (χ1n) is 3.40. The van der Waals surface area contributed by atoms with E-state index in [9.17, 15) is 4.79 Å². The number of rotatable bonds is 1. The van der Waals surface area contributed by atoms with Crippen molar-refractivity contribution in [2.24, 2.45) is 5.73 Å². The van der Waals surface area contributed by atoms with Gasteiger partial charge in [0.15, 0.2) is 0 Å². The lowest BCUT2D eigenvalue weighted by Crippen LogP contribution is -2.31. The molecule has 12 heavy (non-hydrogen) atoms. The van der Waals surface area contributed by atoms with Crippen molar-refractivity contribution in [3.8, 4) is 0 Å². The van der Waals surface area contributed by atoms with Crippen molar-refractivity contribution in [1.29, 1.82) is 0 Å². The molecule has 0 spiro atoms. The summed E-state index contributed by atoms with van der Waals surface area (Å²) in [4.78, 5) is 12.2. The zero-order chi connectivity index (χ0) is 9.14. The summed E-state index contributed by atoms with van der Waals surface area (Å²) in [6.07, 6.45) is 0. The molecular weight excluding hydrogens is 220 g/mol. The van der Waals surface area contributed by atoms with Crippen LogP contribution in [0, 0.1) is 0 Å². The number of hydrogen-bond acceptors (Lipinski definition) is 1. The normalized spacial score (nSPS) is 9.50. The number of primary amides is 1. The lowest BCUT2D eigenvalue weighted by atomic mass is 10.3. The summed E-state index contributed by atoms with van der Waals surface area (Å²) < 4.78 is 0.853. The molecule has 0 saturated carbocycles. The zero-order valence-corrected chi connectivity index (χ0v) is 8.21. The van der Waals surface area contributed by atoms with Gasteiger partial charge in [0, 0.05) is 11.5 Å². The molecule has 0 atom stereocenters. The van der Waals surface area contributed by atoms with Gasteiger partial charge >= 0.3 is 6.03 Å². The topological polar surface area (TPSA) is 46.3 Å². The van der Waals surface area contributed by atoms with Crippen LogP contribution in [0.4, 0.5) is 10.5 Å². The summed E-state index contributed by atoms with van der Waals surface area (Å²) >= 11 is 3.32. The number of urea groups is 1. The Hall–Kier alpha value is -1.03. The second-order valence-corrected chi connectivity index (χ2v) is 3.20. The highest BCUT2D eigenvalue weighted by Crippen LogP contribution is 2.24. The fraction of sp³-hybridized carbons (Fsp3) is 0.125. The molecule has 2 amide bonds. The van der Waals surface area contributed by atoms with Crippen molar-refractivity contribution < 1.29 is 4.79 Å². The number of hydrogen-bond donors (Lipinski definition) is 1. The number of carbonyl (C=O) groups excluding carboxylic acids is 1. The summed E-state index contributed by atoms with van der Waals surface area (Å²) in [7, 11) is 1.63. The minimum absolute atomic E-state index is 0.470. The van der Waals surface area contributed by atoms with E-state index in [-0.39, 0.29) is 0 Å². The molecule has 64 valence electrons. The third-order valence-corrected chi connectivity index (χ3v) is 2.21. The monoisotopic (exact) mass is 228 g/mol. The van der Waals surface area contributed by atoms with Crippen LogP contribution in [0.2, 0.25) is 0 Å². The average molecular weight is 229 g/mol. The van der Waals surface area contributed by atoms with Crippen LogP contribution >= 0.6 is 15.9 Å². The maximum absolute atomic E-state index is 10.8. The van der Waals surface area contributed by atoms with E-state index in [1.165, 1.54) is 4.90 Å². The molecule has 1 aromatic rings. The molecule has 2 N–H and O–H groups in total. The summed E-state index contributed by atoms with van der Waals surface area (Å²) in [5.74, 6) is 0. The Balaban J connectivity index is 3.02. The van der Waals surface area contributed by atoms with E-state index in [0.29, 0.717) is 0 Å². The number of benzene rings is 1. The number of amides is 2. The van der Waals surface area contributed by atoms with Crippen LogP contribution in [0.25, 0.3) is 0 Å². The van der Waals surface area contributed by atoms with E-state index in [4.69, 9.17) is 5.73 Å². The fourth-order valence-corrected chi connectivity index (χ4v) is 1.39. The molecule has 0 radical (unpaired) electrons. The maximum atomic E-state index is 10.8. The van der Waals surface area contributed by atoms with E-state index >= 15 is 0 Å². The molecule has 0 unspecified atom stereocenters. The van der Waals surface area contributed by atoms with Crippen molar-refractivity contribution >= 4 is 27.6 Å². The second-order valence-electron chi connectivity index (χ2n) is 2.35. The minimum atomic E-state index is -0.470. The largest absolute Gasteiger partial charge is 0.351 e. The van der Waals surface area contributed by atoms with Crippen molar-refractivity contribution in [2.45, 2.75) is 0 Å². The van der Waals surface area contributed by atoms with Gasteiger partial charge in [0.05, 0.1) is 5.69 Å². The summed E-state index contributed by atoms with van der Waals surface area (Å²) in [6.45, 7) is 0. The summed E-state index contributed by atoms with van der Waals surface area (Å²) in [5.41, 5.74) is 5.87. The van der Waals surface area contributed by atoms with Crippen molar-refractivity contribution in [2.75, 3.05) is 11.9 Å². The predicted octanol–water partition coefficient (Wildman–Crippen LogP) is 1.96. The number of carbonyl (C=O) groups is 1. The van der Waals surface area contributed by atoms with Gasteiger partial charge in [-0.3, -0.25) is 4.90 Å². The molecule has 0 aliphatic carbocycles. The highest BCUT2D eigenvalue weighted by atomic mass is 79.9. The molecule has 0 fully saturated rings. The van der Waals surface area contributed by atoms with Crippen LogP contribution in [0.1, 0.15) is 0 Å². The number of anilines is 1. The Bertz CT molecular complexity index is 301. The van der Waals surface area contributed by atoms with Crippen LogP contribution in [-0.2, 0) is 0 Å². The smallest absolute Gasteiger partial charge is 0.319 e. The third-order valence-electron chi connectivity index (χ3n) is 1.54. The van der Waals surface area contributed by atoms with Gasteiger partial charge in [-0.2, -0.15) is 0 Å². The molecule has 0 bridgehead atoms. The lowest BCUT2D eigenvalue weighted by Gasteiger charge is -2.15. The average Bonchev–Trinajstić information content (AvgIpc) is 2.04. The van der Waals surface area contributed by atoms with Gasteiger partial charge in [-0.05, 0) is 28.1 Å². The van der Waals surface area contributed by atoms with Crippen molar-refractivity contribution in [3.63, 3.8) is 0 Å². The van der Waals surface area contributed by atoms with Crippen LogP contribution in [-0.4, -0.2) is 13.1 Å². The van der Waals surface area contributed by atoms with Crippen LogP contribution in [0.3, 0.4) is 0 Å². The first-order chi connectivity index (χ1) is 5.63. The van der Waals surface area contributed by atoms with Crippen molar-refractivity contribution in [3.05, 3.63) is 28.7 Å². The molecule has 1 rings (SSSR count). The highest BCUT2D eigenvalue weighted by Gasteiger charge is 2.08. The van der Waals surface area contributed by atoms with Gasteiger partial charge in [0.1, 0.15) is 0 Å². The molecule has 0 saturated heterocycles. The molecule has 1 aromatic carbocycles. The number of nitrogens with two attached hydrogens (primary N) is 1. The van der Waals surface area contributed by atoms with Gasteiger partial charge in [-0.25, -0.2) is 4.79 Å². The van der Waals surface area contributed by atoms with Gasteiger partial charge < -0.3 is 5.73 Å². The molecule has 4 heteroatoms. The summed E-state index contributed by atoms with van der Waals surface area (Å²) in [5, 5.41) is 0.